The number of rotatable bonds is 4. The van der Waals surface area contributed by atoms with Crippen molar-refractivity contribution in [3.63, 3.8) is 0 Å². The monoisotopic (exact) mass is 266 g/mol. The summed E-state index contributed by atoms with van der Waals surface area (Å²) < 4.78 is 0. The van der Waals surface area contributed by atoms with Gasteiger partial charge in [0, 0.05) is 13.1 Å². The number of carbonyl (C=O) groups excluding carboxylic acids is 1. The Balaban J connectivity index is 1.77. The van der Waals surface area contributed by atoms with Crippen molar-refractivity contribution in [2.24, 2.45) is 5.16 Å². The first-order valence-corrected chi connectivity index (χ1v) is 7.13. The minimum atomic E-state index is 0.0393. The average Bonchev–Trinajstić information content (AvgIpc) is 2.93. The van der Waals surface area contributed by atoms with Gasteiger partial charge in [-0.1, -0.05) is 11.2 Å². The lowest BCUT2D eigenvalue weighted by atomic mass is 10.1. The molecule has 1 aliphatic heterocycles. The van der Waals surface area contributed by atoms with Gasteiger partial charge >= 0.3 is 0 Å². The summed E-state index contributed by atoms with van der Waals surface area (Å²) in [6, 6.07) is 3.96. The number of hydrogen-bond donors (Lipinski definition) is 0. The van der Waals surface area contributed by atoms with E-state index in [1.54, 1.807) is 11.3 Å². The second-order valence-corrected chi connectivity index (χ2v) is 5.32. The zero-order valence-corrected chi connectivity index (χ0v) is 11.4. The van der Waals surface area contributed by atoms with Crippen molar-refractivity contribution in [3.8, 4) is 0 Å². The van der Waals surface area contributed by atoms with Gasteiger partial charge in [-0.15, -0.1) is 11.3 Å². The van der Waals surface area contributed by atoms with Crippen LogP contribution in [0.15, 0.2) is 22.7 Å². The Morgan fingerprint density at radius 1 is 1.44 bits per heavy atom. The molecule has 0 N–H and O–H groups in total. The number of hydrogen-bond acceptors (Lipinski definition) is 4. The summed E-state index contributed by atoms with van der Waals surface area (Å²) in [6.45, 7) is 3.64. The maximum absolute atomic E-state index is 11.8. The van der Waals surface area contributed by atoms with E-state index in [1.165, 1.54) is 6.42 Å². The lowest BCUT2D eigenvalue weighted by Crippen LogP contribution is -2.37. The Hall–Kier alpha value is -1.36. The van der Waals surface area contributed by atoms with Crippen LogP contribution in [-0.4, -0.2) is 36.2 Å². The molecule has 2 heterocycles. The molecule has 0 radical (unpaired) electrons. The third-order valence-electron chi connectivity index (χ3n) is 2.98. The summed E-state index contributed by atoms with van der Waals surface area (Å²) in [5, 5.41) is 5.97. The molecule has 0 aliphatic carbocycles. The summed E-state index contributed by atoms with van der Waals surface area (Å²) in [4.78, 5) is 19.9. The summed E-state index contributed by atoms with van der Waals surface area (Å²) >= 11 is 1.61. The van der Waals surface area contributed by atoms with Crippen LogP contribution in [0, 0.1) is 0 Å². The summed E-state index contributed by atoms with van der Waals surface area (Å²) in [5.74, 6) is 0.0393. The first-order valence-electron chi connectivity index (χ1n) is 6.25. The zero-order chi connectivity index (χ0) is 12.8. The van der Waals surface area contributed by atoms with E-state index in [4.69, 9.17) is 4.84 Å². The van der Waals surface area contributed by atoms with E-state index < -0.39 is 0 Å². The molecule has 1 fully saturated rings. The second kappa shape index (κ2) is 6.54. The molecule has 1 aromatic rings. The van der Waals surface area contributed by atoms with E-state index >= 15 is 0 Å². The second-order valence-electron chi connectivity index (χ2n) is 4.37. The molecule has 5 heteroatoms. The molecule has 0 unspecified atom stereocenters. The molecule has 0 atom stereocenters. The van der Waals surface area contributed by atoms with Gasteiger partial charge < -0.3 is 9.74 Å². The summed E-state index contributed by atoms with van der Waals surface area (Å²) in [5.41, 5.74) is 0.816. The molecular weight excluding hydrogens is 248 g/mol. The molecule has 1 saturated heterocycles. The summed E-state index contributed by atoms with van der Waals surface area (Å²) in [6.07, 6.45) is 3.42. The van der Waals surface area contributed by atoms with Crippen LogP contribution >= 0.6 is 11.3 Å². The van der Waals surface area contributed by atoms with E-state index in [0.717, 1.165) is 36.5 Å². The first kappa shape index (κ1) is 13.1. The molecule has 2 rings (SSSR count). The highest BCUT2D eigenvalue weighted by atomic mass is 32.1. The molecular formula is C13H18N2O2S. The maximum Gasteiger partial charge on any atom is 0.263 e. The highest BCUT2D eigenvalue weighted by molar-refractivity contribution is 7.12. The fourth-order valence-electron chi connectivity index (χ4n) is 1.95. The van der Waals surface area contributed by atoms with Gasteiger partial charge in [0.2, 0.25) is 0 Å². The van der Waals surface area contributed by atoms with E-state index in [2.05, 4.69) is 5.16 Å². The van der Waals surface area contributed by atoms with Gasteiger partial charge in [-0.3, -0.25) is 4.79 Å². The van der Waals surface area contributed by atoms with Crippen molar-refractivity contribution in [1.29, 1.82) is 0 Å². The van der Waals surface area contributed by atoms with Gasteiger partial charge in [-0.2, -0.15) is 0 Å². The topological polar surface area (TPSA) is 41.9 Å². The van der Waals surface area contributed by atoms with Crippen LogP contribution in [0.3, 0.4) is 0 Å². The standard InChI is InChI=1S/C13H18N2O2S/c1-11(12-6-5-9-18-12)14-17-10-13(16)15-7-3-2-4-8-15/h5-6,9H,2-4,7-8,10H2,1H3. The number of amides is 1. The Morgan fingerprint density at radius 2 is 2.22 bits per heavy atom. The fraction of sp³-hybridized carbons (Fsp3) is 0.538. The van der Waals surface area contributed by atoms with Gasteiger partial charge in [0.15, 0.2) is 6.61 Å². The van der Waals surface area contributed by atoms with Crippen LogP contribution in [0.25, 0.3) is 0 Å². The molecule has 1 aliphatic rings. The van der Waals surface area contributed by atoms with Gasteiger partial charge in [0.05, 0.1) is 10.6 Å². The smallest absolute Gasteiger partial charge is 0.263 e. The van der Waals surface area contributed by atoms with Crippen molar-refractivity contribution in [2.45, 2.75) is 26.2 Å². The number of piperidine rings is 1. The van der Waals surface area contributed by atoms with Crippen molar-refractivity contribution in [2.75, 3.05) is 19.7 Å². The maximum atomic E-state index is 11.8. The number of thiophene rings is 1. The predicted molar refractivity (Wildman–Crippen MR) is 72.9 cm³/mol. The summed E-state index contributed by atoms with van der Waals surface area (Å²) in [7, 11) is 0. The van der Waals surface area contributed by atoms with Gasteiger partial charge in [-0.05, 0) is 37.6 Å². The van der Waals surface area contributed by atoms with Crippen molar-refractivity contribution >= 4 is 23.0 Å². The Kier molecular flexibility index (Phi) is 4.75. The van der Waals surface area contributed by atoms with Crippen LogP contribution in [0.2, 0.25) is 0 Å². The molecule has 4 nitrogen and oxygen atoms in total. The lowest BCUT2D eigenvalue weighted by molar-refractivity contribution is -0.137. The minimum Gasteiger partial charge on any atom is -0.385 e. The normalized spacial score (nSPS) is 16.7. The quantitative estimate of drug-likeness (QED) is 0.620. The van der Waals surface area contributed by atoms with Gasteiger partial charge in [-0.25, -0.2) is 0 Å². The third-order valence-corrected chi connectivity index (χ3v) is 3.95. The third kappa shape index (κ3) is 3.57. The fourth-order valence-corrected chi connectivity index (χ4v) is 2.62. The molecule has 1 aromatic heterocycles. The van der Waals surface area contributed by atoms with Crippen LogP contribution < -0.4 is 0 Å². The highest BCUT2D eigenvalue weighted by Gasteiger charge is 2.16. The number of nitrogens with zero attached hydrogens (tertiary/aromatic N) is 2. The highest BCUT2D eigenvalue weighted by Crippen LogP contribution is 2.11. The molecule has 0 spiro atoms. The predicted octanol–water partition coefficient (Wildman–Crippen LogP) is 2.50. The Morgan fingerprint density at radius 3 is 2.89 bits per heavy atom. The van der Waals surface area contributed by atoms with Crippen LogP contribution in [0.1, 0.15) is 31.1 Å². The van der Waals surface area contributed by atoms with Crippen molar-refractivity contribution < 1.29 is 9.63 Å². The van der Waals surface area contributed by atoms with E-state index in [-0.39, 0.29) is 12.5 Å². The van der Waals surface area contributed by atoms with Crippen molar-refractivity contribution in [1.82, 2.24) is 4.90 Å². The van der Waals surface area contributed by atoms with Gasteiger partial charge in [0.25, 0.3) is 5.91 Å². The molecule has 0 aromatic carbocycles. The molecule has 0 saturated carbocycles. The largest absolute Gasteiger partial charge is 0.385 e. The molecule has 1 amide bonds. The number of oxime groups is 1. The Labute approximate surface area is 111 Å². The number of likely N-dealkylation sites (tertiary alicyclic amines) is 1. The average molecular weight is 266 g/mol. The van der Waals surface area contributed by atoms with E-state index in [1.807, 2.05) is 29.3 Å². The van der Waals surface area contributed by atoms with Crippen LogP contribution in [-0.2, 0) is 9.63 Å². The van der Waals surface area contributed by atoms with Crippen LogP contribution in [0.5, 0.6) is 0 Å². The van der Waals surface area contributed by atoms with Gasteiger partial charge in [0.1, 0.15) is 0 Å². The Bertz CT molecular complexity index is 409. The first-order chi connectivity index (χ1) is 8.77. The zero-order valence-electron chi connectivity index (χ0n) is 10.6. The molecule has 0 bridgehead atoms. The SMILES string of the molecule is CC(=NOCC(=O)N1CCCCC1)c1cccs1. The van der Waals surface area contributed by atoms with E-state index in [0.29, 0.717) is 0 Å². The lowest BCUT2D eigenvalue weighted by Gasteiger charge is -2.26. The molecule has 98 valence electrons. The van der Waals surface area contributed by atoms with Crippen molar-refractivity contribution in [3.05, 3.63) is 22.4 Å². The minimum absolute atomic E-state index is 0.0393. The van der Waals surface area contributed by atoms with Crippen LogP contribution in [0.4, 0.5) is 0 Å². The molecule has 18 heavy (non-hydrogen) atoms. The number of carbonyl (C=O) groups is 1. The van der Waals surface area contributed by atoms with E-state index in [9.17, 15) is 4.79 Å².